The van der Waals surface area contributed by atoms with Crippen molar-refractivity contribution in [3.05, 3.63) is 47.1 Å². The van der Waals surface area contributed by atoms with Crippen molar-refractivity contribution in [3.63, 3.8) is 0 Å². The molecule has 2 aromatic rings. The molecule has 1 atom stereocenters. The fourth-order valence-electron chi connectivity index (χ4n) is 4.35. The van der Waals surface area contributed by atoms with Gasteiger partial charge < -0.3 is 9.64 Å². The number of nitrogens with zero attached hydrogens (tertiary/aromatic N) is 3. The minimum Gasteiger partial charge on any atom is -0.494 e. The molecule has 7 nitrogen and oxygen atoms in total. The summed E-state index contributed by atoms with van der Waals surface area (Å²) in [5.41, 5.74) is 0.866. The summed E-state index contributed by atoms with van der Waals surface area (Å²) in [4.78, 5) is 17.2. The van der Waals surface area contributed by atoms with Gasteiger partial charge >= 0.3 is 0 Å². The van der Waals surface area contributed by atoms with Crippen LogP contribution in [0.5, 0.6) is 5.75 Å². The molecule has 2 aliphatic rings. The monoisotopic (exact) mass is 481 g/mol. The van der Waals surface area contributed by atoms with Crippen LogP contribution in [-0.2, 0) is 21.4 Å². The van der Waals surface area contributed by atoms with E-state index in [0.717, 1.165) is 5.56 Å². The first kappa shape index (κ1) is 23.2. The molecule has 1 aromatic carbocycles. The Morgan fingerprint density at radius 3 is 2.62 bits per heavy atom. The van der Waals surface area contributed by atoms with E-state index in [1.165, 1.54) is 28.8 Å². The number of amides is 1. The van der Waals surface area contributed by atoms with Crippen LogP contribution in [-0.4, -0.2) is 74.8 Å². The summed E-state index contributed by atoms with van der Waals surface area (Å²) in [7, 11) is -2.09. The van der Waals surface area contributed by atoms with Crippen molar-refractivity contribution < 1.29 is 22.3 Å². The molecule has 0 aliphatic carbocycles. The van der Waals surface area contributed by atoms with Gasteiger partial charge in [0.2, 0.25) is 5.91 Å². The molecule has 0 saturated carbocycles. The Hall–Kier alpha value is -2.01. The number of carbonyl (C=O) groups excluding carboxylic acids is 1. The zero-order valence-corrected chi connectivity index (χ0v) is 19.7. The standard InChI is InChI=1S/C22H28FN3O4S2/c1-30-20-7-6-17(14-19(20)23)15-24-9-11-25(12-10-24)22(27)18-4-2-8-26(16-18)32(28,29)21-5-3-13-31-21/h3,5-7,13-14,18H,2,4,8-12,15-16H2,1H3. The minimum absolute atomic E-state index is 0.0335. The molecule has 174 valence electrons. The first-order valence-corrected chi connectivity index (χ1v) is 13.1. The lowest BCUT2D eigenvalue weighted by Crippen LogP contribution is -2.52. The van der Waals surface area contributed by atoms with E-state index in [-0.39, 0.29) is 29.9 Å². The third kappa shape index (κ3) is 4.98. The van der Waals surface area contributed by atoms with Crippen molar-refractivity contribution in [2.45, 2.75) is 23.6 Å². The normalized spacial score (nSPS) is 20.9. The molecule has 1 amide bonds. The Kier molecular flexibility index (Phi) is 7.14. The maximum absolute atomic E-state index is 13.9. The molecule has 2 saturated heterocycles. The highest BCUT2D eigenvalue weighted by Crippen LogP contribution is 2.27. The number of carbonyl (C=O) groups is 1. The molecule has 0 bridgehead atoms. The van der Waals surface area contributed by atoms with Gasteiger partial charge in [0, 0.05) is 45.8 Å². The fourth-order valence-corrected chi connectivity index (χ4v) is 7.02. The highest BCUT2D eigenvalue weighted by molar-refractivity contribution is 7.91. The van der Waals surface area contributed by atoms with Gasteiger partial charge in [-0.25, -0.2) is 12.8 Å². The largest absolute Gasteiger partial charge is 0.494 e. The quantitative estimate of drug-likeness (QED) is 0.635. The highest BCUT2D eigenvalue weighted by atomic mass is 32.2. The first-order chi connectivity index (χ1) is 15.4. The van der Waals surface area contributed by atoms with Crippen LogP contribution in [0, 0.1) is 11.7 Å². The van der Waals surface area contributed by atoms with Gasteiger partial charge in [-0.3, -0.25) is 9.69 Å². The van der Waals surface area contributed by atoms with Crippen molar-refractivity contribution in [1.29, 1.82) is 0 Å². The second kappa shape index (κ2) is 9.86. The van der Waals surface area contributed by atoms with Gasteiger partial charge in [0.25, 0.3) is 10.0 Å². The molecule has 2 aliphatic heterocycles. The molecule has 1 aromatic heterocycles. The summed E-state index contributed by atoms with van der Waals surface area (Å²) in [6.07, 6.45) is 1.39. The molecule has 1 unspecified atom stereocenters. The van der Waals surface area contributed by atoms with Gasteiger partial charge in [0.1, 0.15) is 4.21 Å². The number of benzene rings is 1. The minimum atomic E-state index is -3.53. The van der Waals surface area contributed by atoms with E-state index in [9.17, 15) is 17.6 Å². The second-order valence-electron chi connectivity index (χ2n) is 8.20. The van der Waals surface area contributed by atoms with Gasteiger partial charge in [-0.15, -0.1) is 11.3 Å². The maximum Gasteiger partial charge on any atom is 0.252 e. The lowest BCUT2D eigenvalue weighted by Gasteiger charge is -2.38. The zero-order chi connectivity index (χ0) is 22.7. The Bertz CT molecular complexity index is 1040. The van der Waals surface area contributed by atoms with Crippen molar-refractivity contribution in [2.24, 2.45) is 5.92 Å². The SMILES string of the molecule is COc1ccc(CN2CCN(C(=O)C3CCCN(S(=O)(=O)c4cccs4)C3)CC2)cc1F. The molecular formula is C22H28FN3O4S2. The van der Waals surface area contributed by atoms with Crippen molar-refractivity contribution >= 4 is 27.3 Å². The highest BCUT2D eigenvalue weighted by Gasteiger charge is 2.36. The number of piperidine rings is 1. The number of halogens is 1. The third-order valence-corrected chi connectivity index (χ3v) is 9.37. The van der Waals surface area contributed by atoms with Crippen LogP contribution in [0.25, 0.3) is 0 Å². The number of piperazine rings is 1. The topological polar surface area (TPSA) is 70.2 Å². The summed E-state index contributed by atoms with van der Waals surface area (Å²) >= 11 is 1.20. The number of rotatable bonds is 6. The van der Waals surface area contributed by atoms with E-state index in [1.807, 2.05) is 11.0 Å². The molecule has 3 heterocycles. The number of hydrogen-bond donors (Lipinski definition) is 0. The third-order valence-electron chi connectivity index (χ3n) is 6.13. The van der Waals surface area contributed by atoms with Gasteiger partial charge in [0.15, 0.2) is 11.6 Å². The average Bonchev–Trinajstić information content (AvgIpc) is 3.35. The van der Waals surface area contributed by atoms with Crippen LogP contribution in [0.4, 0.5) is 4.39 Å². The summed E-state index contributed by atoms with van der Waals surface area (Å²) in [6.45, 7) is 3.88. The van der Waals surface area contributed by atoms with Crippen LogP contribution in [0.15, 0.2) is 39.9 Å². The number of thiophene rings is 1. The van der Waals surface area contributed by atoms with Gasteiger partial charge in [-0.05, 0) is 42.0 Å². The Morgan fingerprint density at radius 2 is 1.97 bits per heavy atom. The molecule has 10 heteroatoms. The van der Waals surface area contributed by atoms with E-state index in [1.54, 1.807) is 23.6 Å². The Morgan fingerprint density at radius 1 is 1.19 bits per heavy atom. The molecule has 4 rings (SSSR count). The van der Waals surface area contributed by atoms with E-state index in [0.29, 0.717) is 56.3 Å². The zero-order valence-electron chi connectivity index (χ0n) is 18.1. The first-order valence-electron chi connectivity index (χ1n) is 10.8. The Labute approximate surface area is 192 Å². The molecule has 0 radical (unpaired) electrons. The lowest BCUT2D eigenvalue weighted by molar-refractivity contribution is -0.138. The van der Waals surface area contributed by atoms with Crippen LogP contribution in [0.3, 0.4) is 0 Å². The van der Waals surface area contributed by atoms with Crippen LogP contribution >= 0.6 is 11.3 Å². The number of hydrogen-bond acceptors (Lipinski definition) is 6. The van der Waals surface area contributed by atoms with Gasteiger partial charge in [-0.2, -0.15) is 4.31 Å². The number of methoxy groups -OCH3 is 1. The molecule has 2 fully saturated rings. The summed E-state index contributed by atoms with van der Waals surface area (Å²) in [5.74, 6) is -0.420. The number of sulfonamides is 1. The van der Waals surface area contributed by atoms with Crippen LogP contribution < -0.4 is 4.74 Å². The average molecular weight is 482 g/mol. The molecule has 0 spiro atoms. The van der Waals surface area contributed by atoms with E-state index < -0.39 is 10.0 Å². The predicted molar refractivity (Wildman–Crippen MR) is 121 cm³/mol. The van der Waals surface area contributed by atoms with Gasteiger partial charge in [0.05, 0.1) is 13.0 Å². The van der Waals surface area contributed by atoms with E-state index >= 15 is 0 Å². The summed E-state index contributed by atoms with van der Waals surface area (Å²) in [6, 6.07) is 8.30. The fraction of sp³-hybridized carbons (Fsp3) is 0.500. The van der Waals surface area contributed by atoms with Crippen molar-refractivity contribution in [2.75, 3.05) is 46.4 Å². The van der Waals surface area contributed by atoms with E-state index in [4.69, 9.17) is 4.74 Å². The molecule has 0 N–H and O–H groups in total. The summed E-state index contributed by atoms with van der Waals surface area (Å²) in [5, 5.41) is 1.75. The number of ether oxygens (including phenoxy) is 1. The smallest absolute Gasteiger partial charge is 0.252 e. The van der Waals surface area contributed by atoms with E-state index in [2.05, 4.69) is 4.90 Å². The second-order valence-corrected chi connectivity index (χ2v) is 11.3. The maximum atomic E-state index is 13.9. The van der Waals surface area contributed by atoms with Crippen molar-refractivity contribution in [1.82, 2.24) is 14.1 Å². The lowest BCUT2D eigenvalue weighted by atomic mass is 9.97. The summed E-state index contributed by atoms with van der Waals surface area (Å²) < 4.78 is 46.4. The van der Waals surface area contributed by atoms with Gasteiger partial charge in [-0.1, -0.05) is 12.1 Å². The van der Waals surface area contributed by atoms with Crippen LogP contribution in [0.1, 0.15) is 18.4 Å². The van der Waals surface area contributed by atoms with Crippen LogP contribution in [0.2, 0.25) is 0 Å². The van der Waals surface area contributed by atoms with Crippen molar-refractivity contribution in [3.8, 4) is 5.75 Å². The molecular weight excluding hydrogens is 453 g/mol. The predicted octanol–water partition coefficient (Wildman–Crippen LogP) is 2.64. The Balaban J connectivity index is 1.31. The molecule has 32 heavy (non-hydrogen) atoms.